The molecule has 2 rings (SSSR count). The van der Waals surface area contributed by atoms with E-state index in [1.807, 2.05) is 0 Å². The van der Waals surface area contributed by atoms with Crippen LogP contribution in [0, 0.1) is 0 Å². The zero-order valence-corrected chi connectivity index (χ0v) is 7.79. The third-order valence-electron chi connectivity index (χ3n) is 2.91. The van der Waals surface area contributed by atoms with E-state index in [0.29, 0.717) is 11.7 Å². The molecule has 1 aliphatic rings. The number of aromatic nitrogens is 2. The fourth-order valence-corrected chi connectivity index (χ4v) is 2.16. The van der Waals surface area contributed by atoms with Crippen LogP contribution >= 0.6 is 0 Å². The Bertz CT molecular complexity index is 262. The maximum absolute atomic E-state index is 9.50. The van der Waals surface area contributed by atoms with Gasteiger partial charge in [0.25, 0.3) is 0 Å². The molecule has 0 atom stereocenters. The first-order valence-electron chi connectivity index (χ1n) is 5.10. The number of hydrogen-bond donors (Lipinski definition) is 2. The van der Waals surface area contributed by atoms with Crippen molar-refractivity contribution in [3.05, 3.63) is 11.9 Å². The molecular weight excluding hydrogens is 164 g/mol. The van der Waals surface area contributed by atoms with E-state index in [9.17, 15) is 5.11 Å². The second kappa shape index (κ2) is 3.81. The van der Waals surface area contributed by atoms with Gasteiger partial charge >= 0.3 is 0 Å². The van der Waals surface area contributed by atoms with Crippen LogP contribution in [0.1, 0.15) is 50.1 Å². The summed E-state index contributed by atoms with van der Waals surface area (Å²) >= 11 is 0. The number of rotatable bonds is 1. The first-order chi connectivity index (χ1) is 6.38. The Kier molecular flexibility index (Phi) is 2.52. The van der Waals surface area contributed by atoms with Gasteiger partial charge in [0, 0.05) is 5.92 Å². The zero-order chi connectivity index (χ0) is 9.10. The standard InChI is InChI=1S/C10H16N2O/c13-9-7-11-12-10(9)8-5-3-1-2-4-6-8/h7-8,13H,1-6H2,(H,11,12). The third-order valence-corrected chi connectivity index (χ3v) is 2.91. The molecule has 0 amide bonds. The van der Waals surface area contributed by atoms with Crippen LogP contribution < -0.4 is 0 Å². The van der Waals surface area contributed by atoms with Crippen molar-refractivity contribution in [2.75, 3.05) is 0 Å². The Morgan fingerprint density at radius 2 is 1.92 bits per heavy atom. The molecular formula is C10H16N2O. The van der Waals surface area contributed by atoms with Gasteiger partial charge in [-0.15, -0.1) is 0 Å². The van der Waals surface area contributed by atoms with Gasteiger partial charge in [-0.2, -0.15) is 5.10 Å². The Labute approximate surface area is 78.2 Å². The number of aromatic amines is 1. The van der Waals surface area contributed by atoms with Gasteiger partial charge in [-0.05, 0) is 12.8 Å². The summed E-state index contributed by atoms with van der Waals surface area (Å²) in [5.74, 6) is 0.844. The molecule has 2 N–H and O–H groups in total. The van der Waals surface area contributed by atoms with E-state index in [2.05, 4.69) is 10.2 Å². The Hall–Kier alpha value is -0.990. The van der Waals surface area contributed by atoms with E-state index in [1.54, 1.807) is 0 Å². The van der Waals surface area contributed by atoms with E-state index in [-0.39, 0.29) is 0 Å². The Balaban J connectivity index is 2.10. The first-order valence-corrected chi connectivity index (χ1v) is 5.10. The molecule has 0 saturated heterocycles. The molecule has 1 aromatic rings. The lowest BCUT2D eigenvalue weighted by atomic mass is 9.96. The average molecular weight is 180 g/mol. The molecule has 13 heavy (non-hydrogen) atoms. The number of nitrogens with zero attached hydrogens (tertiary/aromatic N) is 1. The summed E-state index contributed by atoms with van der Waals surface area (Å²) in [5.41, 5.74) is 0.946. The highest BCUT2D eigenvalue weighted by Gasteiger charge is 2.18. The summed E-state index contributed by atoms with van der Waals surface area (Å²) in [6.45, 7) is 0. The quantitative estimate of drug-likeness (QED) is 0.652. The summed E-state index contributed by atoms with van der Waals surface area (Å²) in [6, 6.07) is 0. The van der Waals surface area contributed by atoms with Crippen LogP contribution in [0.25, 0.3) is 0 Å². The van der Waals surface area contributed by atoms with Crippen LogP contribution in [0.2, 0.25) is 0 Å². The first kappa shape index (κ1) is 8.60. The van der Waals surface area contributed by atoms with Gasteiger partial charge in [0.2, 0.25) is 0 Å². The van der Waals surface area contributed by atoms with Crippen LogP contribution in [-0.2, 0) is 0 Å². The second-order valence-electron chi connectivity index (χ2n) is 3.86. The molecule has 0 spiro atoms. The average Bonchev–Trinajstić information content (AvgIpc) is 2.43. The van der Waals surface area contributed by atoms with E-state index in [4.69, 9.17) is 0 Å². The van der Waals surface area contributed by atoms with Crippen LogP contribution in [0.4, 0.5) is 0 Å². The fourth-order valence-electron chi connectivity index (χ4n) is 2.16. The largest absolute Gasteiger partial charge is 0.504 e. The highest BCUT2D eigenvalue weighted by atomic mass is 16.3. The van der Waals surface area contributed by atoms with Crippen molar-refractivity contribution in [1.82, 2.24) is 10.2 Å². The summed E-state index contributed by atoms with van der Waals surface area (Å²) in [7, 11) is 0. The minimum Gasteiger partial charge on any atom is -0.504 e. The molecule has 0 unspecified atom stereocenters. The van der Waals surface area contributed by atoms with Gasteiger partial charge in [-0.1, -0.05) is 25.7 Å². The smallest absolute Gasteiger partial charge is 0.156 e. The zero-order valence-electron chi connectivity index (χ0n) is 7.79. The number of hydrogen-bond acceptors (Lipinski definition) is 2. The van der Waals surface area contributed by atoms with Crippen molar-refractivity contribution < 1.29 is 5.11 Å². The van der Waals surface area contributed by atoms with E-state index in [1.165, 1.54) is 44.7 Å². The van der Waals surface area contributed by atoms with Crippen molar-refractivity contribution in [3.63, 3.8) is 0 Å². The van der Waals surface area contributed by atoms with E-state index < -0.39 is 0 Å². The SMILES string of the molecule is Oc1cn[nH]c1C1CCCCCC1. The topological polar surface area (TPSA) is 48.9 Å². The highest BCUT2D eigenvalue weighted by molar-refractivity contribution is 5.25. The van der Waals surface area contributed by atoms with Gasteiger partial charge in [0.05, 0.1) is 11.9 Å². The summed E-state index contributed by atoms with van der Waals surface area (Å²) in [4.78, 5) is 0. The third kappa shape index (κ3) is 1.85. The molecule has 0 bridgehead atoms. The lowest BCUT2D eigenvalue weighted by molar-refractivity contribution is 0.452. The summed E-state index contributed by atoms with van der Waals surface area (Å²) in [5, 5.41) is 16.3. The molecule has 3 nitrogen and oxygen atoms in total. The number of aromatic hydroxyl groups is 1. The van der Waals surface area contributed by atoms with E-state index in [0.717, 1.165) is 5.69 Å². The van der Waals surface area contributed by atoms with E-state index >= 15 is 0 Å². The number of H-pyrrole nitrogens is 1. The lowest BCUT2D eigenvalue weighted by Gasteiger charge is -2.11. The molecule has 0 aromatic carbocycles. The molecule has 1 saturated carbocycles. The van der Waals surface area contributed by atoms with Gasteiger partial charge in [0.15, 0.2) is 5.75 Å². The fraction of sp³-hybridized carbons (Fsp3) is 0.700. The maximum atomic E-state index is 9.50. The second-order valence-corrected chi connectivity index (χ2v) is 3.86. The predicted molar refractivity (Wildman–Crippen MR) is 50.7 cm³/mol. The van der Waals surface area contributed by atoms with Crippen LogP contribution in [0.5, 0.6) is 5.75 Å². The molecule has 72 valence electrons. The molecule has 0 radical (unpaired) electrons. The van der Waals surface area contributed by atoms with Gasteiger partial charge in [-0.25, -0.2) is 0 Å². The summed E-state index contributed by atoms with van der Waals surface area (Å²) < 4.78 is 0. The van der Waals surface area contributed by atoms with Crippen molar-refractivity contribution >= 4 is 0 Å². The molecule has 1 aromatic heterocycles. The van der Waals surface area contributed by atoms with Crippen molar-refractivity contribution in [3.8, 4) is 5.75 Å². The Morgan fingerprint density at radius 1 is 1.23 bits per heavy atom. The van der Waals surface area contributed by atoms with Crippen LogP contribution in [0.3, 0.4) is 0 Å². The maximum Gasteiger partial charge on any atom is 0.156 e. The summed E-state index contributed by atoms with van der Waals surface area (Å²) in [6.07, 6.45) is 9.12. The van der Waals surface area contributed by atoms with Gasteiger partial charge in [-0.3, -0.25) is 5.10 Å². The van der Waals surface area contributed by atoms with Crippen molar-refractivity contribution in [2.45, 2.75) is 44.4 Å². The lowest BCUT2D eigenvalue weighted by Crippen LogP contribution is -1.97. The minimum atomic E-state index is 0.340. The molecule has 1 heterocycles. The van der Waals surface area contributed by atoms with Crippen LogP contribution in [0.15, 0.2) is 6.20 Å². The normalized spacial score (nSPS) is 20.0. The van der Waals surface area contributed by atoms with Crippen LogP contribution in [-0.4, -0.2) is 15.3 Å². The molecule has 3 heteroatoms. The number of nitrogens with one attached hydrogen (secondary N) is 1. The minimum absolute atomic E-state index is 0.340. The van der Waals surface area contributed by atoms with Crippen molar-refractivity contribution in [1.29, 1.82) is 0 Å². The van der Waals surface area contributed by atoms with Gasteiger partial charge in [0.1, 0.15) is 0 Å². The Morgan fingerprint density at radius 3 is 2.46 bits per heavy atom. The highest BCUT2D eigenvalue weighted by Crippen LogP contribution is 2.34. The predicted octanol–water partition coefficient (Wildman–Crippen LogP) is 2.55. The molecule has 1 aliphatic carbocycles. The van der Waals surface area contributed by atoms with Crippen molar-refractivity contribution in [2.24, 2.45) is 0 Å². The van der Waals surface area contributed by atoms with Gasteiger partial charge < -0.3 is 5.11 Å². The molecule has 1 fully saturated rings. The monoisotopic (exact) mass is 180 g/mol. The molecule has 0 aliphatic heterocycles.